The molecule has 1 aromatic rings. The van der Waals surface area contributed by atoms with Crippen LogP contribution in [0.4, 0.5) is 0 Å². The molecule has 1 N–H and O–H groups in total. The van der Waals surface area contributed by atoms with E-state index in [1.54, 1.807) is 6.07 Å². The van der Waals surface area contributed by atoms with Gasteiger partial charge in [-0.2, -0.15) is 0 Å². The molecule has 0 atom stereocenters. The fraction of sp³-hybridized carbons (Fsp3) is 0.533. The first kappa shape index (κ1) is 19.3. The van der Waals surface area contributed by atoms with Crippen molar-refractivity contribution in [3.8, 4) is 5.75 Å². The third kappa shape index (κ3) is 5.30. The van der Waals surface area contributed by atoms with Crippen molar-refractivity contribution in [2.75, 3.05) is 0 Å². The van der Waals surface area contributed by atoms with Crippen LogP contribution in [0.1, 0.15) is 45.1 Å². The van der Waals surface area contributed by atoms with Crippen molar-refractivity contribution in [2.45, 2.75) is 44.9 Å². The van der Waals surface area contributed by atoms with Crippen molar-refractivity contribution in [1.29, 1.82) is 0 Å². The molecule has 0 saturated heterocycles. The van der Waals surface area contributed by atoms with Crippen LogP contribution in [0.25, 0.3) is 0 Å². The zero-order chi connectivity index (χ0) is 13.6. The van der Waals surface area contributed by atoms with E-state index in [-0.39, 0.29) is 12.8 Å². The summed E-state index contributed by atoms with van der Waals surface area (Å²) in [6, 6.07) is 7.77. The molecule has 1 saturated carbocycles. The number of rotatable bonds is 2. The zero-order valence-electron chi connectivity index (χ0n) is 11.9. The molecular weight excluding hydrogens is 315 g/mol. The van der Waals surface area contributed by atoms with Gasteiger partial charge in [0, 0.05) is 0 Å². The summed E-state index contributed by atoms with van der Waals surface area (Å²) < 4.78 is 0. The van der Waals surface area contributed by atoms with Crippen molar-refractivity contribution in [2.24, 2.45) is 5.92 Å². The van der Waals surface area contributed by atoms with E-state index in [1.807, 2.05) is 12.1 Å². The second-order valence-electron chi connectivity index (χ2n) is 5.29. The molecule has 1 fully saturated rings. The van der Waals surface area contributed by atoms with Crippen LogP contribution in [0.2, 0.25) is 0 Å². The number of halogens is 2. The van der Waals surface area contributed by atoms with Gasteiger partial charge in [0.2, 0.25) is 0 Å². The van der Waals surface area contributed by atoms with Crippen LogP contribution in [0.5, 0.6) is 5.75 Å². The quantitative estimate of drug-likeness (QED) is 0.543. The Hall–Kier alpha value is 0.314. The summed E-state index contributed by atoms with van der Waals surface area (Å²) >= 11 is -0.556. The summed E-state index contributed by atoms with van der Waals surface area (Å²) in [5.41, 5.74) is 1.22. The Morgan fingerprint density at radius 2 is 1.63 bits per heavy atom. The number of benzene rings is 1. The topological polar surface area (TPSA) is 20.2 Å². The Morgan fingerprint density at radius 1 is 1.16 bits per heavy atom. The molecule has 1 aliphatic rings. The van der Waals surface area contributed by atoms with E-state index in [2.05, 4.69) is 19.9 Å². The van der Waals surface area contributed by atoms with Gasteiger partial charge in [0.15, 0.2) is 0 Å². The Balaban J connectivity index is 0.000000742. The second-order valence-corrected chi connectivity index (χ2v) is 7.87. The molecule has 0 radical (unpaired) electrons. The monoisotopic (exact) mass is 337 g/mol. The van der Waals surface area contributed by atoms with Gasteiger partial charge < -0.3 is 12.5 Å². The summed E-state index contributed by atoms with van der Waals surface area (Å²) in [6.45, 7) is 4.52. The Bertz CT molecular complexity index is 363. The van der Waals surface area contributed by atoms with Crippen LogP contribution in [0, 0.1) is 13.3 Å². The molecule has 1 nitrogen and oxygen atoms in total. The zero-order valence-corrected chi connectivity index (χ0v) is 15.0. The van der Waals surface area contributed by atoms with Crippen molar-refractivity contribution in [1.82, 2.24) is 0 Å². The first-order valence-electron chi connectivity index (χ1n) is 6.28. The third-order valence-corrected chi connectivity index (χ3v) is 3.97. The standard InChI is InChI=1S/C14H20O.CH3.2ClH.Ti/c1-14(2,11-7-3-4-8-11)12-9-5-6-10-13(12)15;;;;/h5-6,9-11,15H,3-4,7-8H2,1-2H3;1H3;2*1H;/q;-1;;;+2/p-2. The molecule has 4 heteroatoms. The van der Waals surface area contributed by atoms with Crippen LogP contribution < -0.4 is 0 Å². The van der Waals surface area contributed by atoms with Gasteiger partial charge in [0.1, 0.15) is 5.75 Å². The molecule has 108 valence electrons. The van der Waals surface area contributed by atoms with Crippen LogP contribution in [-0.4, -0.2) is 5.11 Å². The van der Waals surface area contributed by atoms with E-state index < -0.39 is 17.0 Å². The van der Waals surface area contributed by atoms with E-state index in [1.165, 1.54) is 25.7 Å². The molecule has 1 aromatic carbocycles. The normalized spacial score (nSPS) is 15.2. The molecule has 0 spiro atoms. The average Bonchev–Trinajstić information content (AvgIpc) is 2.84. The molecule has 0 heterocycles. The first-order valence-corrected chi connectivity index (χ1v) is 10.6. The van der Waals surface area contributed by atoms with E-state index in [0.717, 1.165) is 11.5 Å². The molecule has 1 aliphatic carbocycles. The molecule has 0 bridgehead atoms. The molecule has 0 aliphatic heterocycles. The Kier molecular flexibility index (Phi) is 9.44. The summed E-state index contributed by atoms with van der Waals surface area (Å²) in [7, 11) is 9.78. The van der Waals surface area contributed by atoms with Crippen molar-refractivity contribution in [3.05, 3.63) is 37.3 Å². The van der Waals surface area contributed by atoms with Gasteiger partial charge in [-0.25, -0.2) is 0 Å². The molecule has 19 heavy (non-hydrogen) atoms. The van der Waals surface area contributed by atoms with Crippen LogP contribution in [-0.2, 0) is 22.4 Å². The predicted octanol–water partition coefficient (Wildman–Crippen LogP) is 5.69. The fourth-order valence-corrected chi connectivity index (χ4v) is 2.89. The first-order chi connectivity index (χ1) is 8.54. The SMILES string of the molecule is CC(C)(c1ccccc1O)C1CCCC1.[CH3-].[Cl][Ti][Cl]. The van der Waals surface area contributed by atoms with E-state index in [4.69, 9.17) is 18.6 Å². The minimum absolute atomic E-state index is 0. The molecule has 2 rings (SSSR count). The summed E-state index contributed by atoms with van der Waals surface area (Å²) in [6.07, 6.45) is 5.31. The summed E-state index contributed by atoms with van der Waals surface area (Å²) in [4.78, 5) is 0. The van der Waals surface area contributed by atoms with E-state index in [9.17, 15) is 5.11 Å². The van der Waals surface area contributed by atoms with Crippen molar-refractivity contribution in [3.63, 3.8) is 0 Å². The van der Waals surface area contributed by atoms with Gasteiger partial charge in [-0.05, 0) is 35.8 Å². The average molecular weight is 338 g/mol. The van der Waals surface area contributed by atoms with Gasteiger partial charge in [-0.3, -0.25) is 0 Å². The molecule has 0 amide bonds. The Labute approximate surface area is 134 Å². The van der Waals surface area contributed by atoms with Crippen molar-refractivity contribution < 1.29 is 22.1 Å². The van der Waals surface area contributed by atoms with Gasteiger partial charge in [0.25, 0.3) is 0 Å². The Morgan fingerprint density at radius 3 is 2.11 bits per heavy atom. The summed E-state index contributed by atoms with van der Waals surface area (Å²) in [5.74, 6) is 1.18. The fourth-order valence-electron chi connectivity index (χ4n) is 2.89. The van der Waals surface area contributed by atoms with Crippen LogP contribution >= 0.6 is 18.6 Å². The van der Waals surface area contributed by atoms with E-state index >= 15 is 0 Å². The number of hydrogen-bond acceptors (Lipinski definition) is 1. The molecule has 0 unspecified atom stereocenters. The summed E-state index contributed by atoms with van der Waals surface area (Å²) in [5, 5.41) is 9.91. The predicted molar refractivity (Wildman–Crippen MR) is 81.2 cm³/mol. The number of phenols is 1. The van der Waals surface area contributed by atoms with Crippen molar-refractivity contribution >= 4 is 18.6 Å². The van der Waals surface area contributed by atoms with Gasteiger partial charge in [0.05, 0.1) is 0 Å². The second kappa shape index (κ2) is 9.29. The number of hydrogen-bond donors (Lipinski definition) is 1. The molecular formula is C15H23Cl2OTi-. The minimum atomic E-state index is -0.556. The third-order valence-electron chi connectivity index (χ3n) is 3.97. The van der Waals surface area contributed by atoms with Gasteiger partial charge >= 0.3 is 35.6 Å². The number of phenolic OH excluding ortho intramolecular Hbond substituents is 1. The number of para-hydroxylation sites is 1. The van der Waals surface area contributed by atoms with Gasteiger partial charge in [-0.1, -0.05) is 44.9 Å². The van der Waals surface area contributed by atoms with Gasteiger partial charge in [-0.15, -0.1) is 0 Å². The van der Waals surface area contributed by atoms with Crippen LogP contribution in [0.15, 0.2) is 24.3 Å². The maximum atomic E-state index is 9.91. The molecule has 0 aromatic heterocycles. The maximum absolute atomic E-state index is 9.91. The van der Waals surface area contributed by atoms with Crippen LogP contribution in [0.3, 0.4) is 0 Å². The number of aromatic hydroxyl groups is 1. The van der Waals surface area contributed by atoms with E-state index in [0.29, 0.717) is 5.75 Å².